The zero-order valence-corrected chi connectivity index (χ0v) is 21.1. The molecule has 3 aromatic rings. The van der Waals surface area contributed by atoms with Gasteiger partial charge >= 0.3 is 0 Å². The van der Waals surface area contributed by atoms with Gasteiger partial charge in [-0.15, -0.1) is 0 Å². The highest BCUT2D eigenvalue weighted by atomic mass is 16.3. The summed E-state index contributed by atoms with van der Waals surface area (Å²) in [7, 11) is 0. The first-order valence-electron chi connectivity index (χ1n) is 12.4. The molecule has 0 bridgehead atoms. The molecule has 1 unspecified atom stereocenters. The lowest BCUT2D eigenvalue weighted by Crippen LogP contribution is -2.58. The molecule has 2 atom stereocenters. The van der Waals surface area contributed by atoms with Gasteiger partial charge in [0.15, 0.2) is 5.60 Å². The predicted octanol–water partition coefficient (Wildman–Crippen LogP) is 0.647. The Bertz CT molecular complexity index is 1270. The molecule has 2 aromatic heterocycles. The zero-order valence-electron chi connectivity index (χ0n) is 21.1. The van der Waals surface area contributed by atoms with Gasteiger partial charge in [0.2, 0.25) is 5.91 Å². The van der Waals surface area contributed by atoms with Gasteiger partial charge in [0.25, 0.3) is 5.91 Å². The molecular formula is C25H31N9O3. The van der Waals surface area contributed by atoms with Crippen molar-refractivity contribution < 1.29 is 14.7 Å². The molecule has 0 spiro atoms. The first-order chi connectivity index (χ1) is 17.8. The number of rotatable bonds is 7. The van der Waals surface area contributed by atoms with Gasteiger partial charge in [0.05, 0.1) is 24.0 Å². The van der Waals surface area contributed by atoms with Gasteiger partial charge in [-0.3, -0.25) is 9.59 Å². The highest BCUT2D eigenvalue weighted by molar-refractivity contribution is 6.03. The normalized spacial score (nSPS) is 19.1. The van der Waals surface area contributed by atoms with Crippen LogP contribution < -0.4 is 15.5 Å². The number of aliphatic hydroxyl groups is 1. The minimum absolute atomic E-state index is 0.0772. The van der Waals surface area contributed by atoms with Crippen molar-refractivity contribution in [2.45, 2.75) is 38.3 Å². The van der Waals surface area contributed by atoms with Crippen LogP contribution in [0.3, 0.4) is 0 Å². The summed E-state index contributed by atoms with van der Waals surface area (Å²) in [5, 5.41) is 26.1. The summed E-state index contributed by atoms with van der Waals surface area (Å²) in [5.41, 5.74) is 0.269. The van der Waals surface area contributed by atoms with Crippen molar-refractivity contribution >= 4 is 23.5 Å². The summed E-state index contributed by atoms with van der Waals surface area (Å²) in [4.78, 5) is 39.8. The van der Waals surface area contributed by atoms with Crippen molar-refractivity contribution in [3.63, 3.8) is 0 Å². The van der Waals surface area contributed by atoms with E-state index < -0.39 is 5.60 Å². The van der Waals surface area contributed by atoms with Crippen molar-refractivity contribution in [3.8, 4) is 5.69 Å². The number of nitrogens with one attached hydrogen (secondary N) is 2. The topological polar surface area (TPSA) is 141 Å². The van der Waals surface area contributed by atoms with Crippen LogP contribution in [0.5, 0.6) is 0 Å². The molecular weight excluding hydrogens is 474 g/mol. The van der Waals surface area contributed by atoms with Gasteiger partial charge in [0, 0.05) is 44.3 Å². The molecule has 12 nitrogen and oxygen atoms in total. The summed E-state index contributed by atoms with van der Waals surface area (Å²) < 4.78 is 0. The SMILES string of the molecule is CC(C)NC[C@@](O)(C(=O)N1CCN(c2ncnc3c2C(C)C(=O)N3)CC1)c1ccc(-n2nccn2)cc1. The lowest BCUT2D eigenvalue weighted by molar-refractivity contribution is -0.152. The average Bonchev–Trinajstić information content (AvgIpc) is 3.55. The summed E-state index contributed by atoms with van der Waals surface area (Å²) in [6.45, 7) is 7.71. The molecule has 12 heteroatoms. The van der Waals surface area contributed by atoms with Crippen LogP contribution in [0, 0.1) is 0 Å². The number of carbonyl (C=O) groups is 2. The molecule has 1 fully saturated rings. The second kappa shape index (κ2) is 9.87. The standard InChI is InChI=1S/C25H31N9O3/c1-16(2)26-14-25(37,18-4-6-19(7-5-18)34-29-8-9-30-34)24(36)33-12-10-32(11-13-33)22-20-17(3)23(35)31-21(20)27-15-28-22/h4-9,15-17,26,37H,10-14H2,1-3H3,(H,27,28,31,35)/t17?,25-/m0/s1. The molecule has 2 aliphatic heterocycles. The molecule has 194 valence electrons. The maximum absolute atomic E-state index is 13.8. The fourth-order valence-corrected chi connectivity index (χ4v) is 4.75. The summed E-state index contributed by atoms with van der Waals surface area (Å²) in [6, 6.07) is 7.14. The molecule has 2 amide bonds. The Morgan fingerprint density at radius 2 is 1.81 bits per heavy atom. The van der Waals surface area contributed by atoms with Crippen LogP contribution >= 0.6 is 0 Å². The van der Waals surface area contributed by atoms with E-state index in [0.29, 0.717) is 43.4 Å². The van der Waals surface area contributed by atoms with Crippen LogP contribution in [-0.4, -0.2) is 85.5 Å². The fourth-order valence-electron chi connectivity index (χ4n) is 4.75. The summed E-state index contributed by atoms with van der Waals surface area (Å²) in [6.07, 6.45) is 4.62. The number of amides is 2. The quantitative estimate of drug-likeness (QED) is 0.422. The largest absolute Gasteiger partial charge is 0.374 e. The Morgan fingerprint density at radius 3 is 2.46 bits per heavy atom. The van der Waals surface area contributed by atoms with Gasteiger partial charge < -0.3 is 25.5 Å². The third-order valence-corrected chi connectivity index (χ3v) is 6.91. The van der Waals surface area contributed by atoms with Crippen LogP contribution in [0.15, 0.2) is 43.0 Å². The monoisotopic (exact) mass is 505 g/mol. The Hall–Kier alpha value is -3.90. The Balaban J connectivity index is 1.34. The van der Waals surface area contributed by atoms with E-state index in [4.69, 9.17) is 0 Å². The second-order valence-corrected chi connectivity index (χ2v) is 9.71. The number of nitrogens with zero attached hydrogens (tertiary/aromatic N) is 7. The van der Waals surface area contributed by atoms with Crippen molar-refractivity contribution in [1.82, 2.24) is 35.2 Å². The van der Waals surface area contributed by atoms with Crippen LogP contribution in [0.25, 0.3) is 5.69 Å². The number of carbonyl (C=O) groups excluding carboxylic acids is 2. The van der Waals surface area contributed by atoms with Crippen molar-refractivity contribution in [1.29, 1.82) is 0 Å². The van der Waals surface area contributed by atoms with Crippen LogP contribution in [0.1, 0.15) is 37.8 Å². The van der Waals surface area contributed by atoms with Crippen LogP contribution in [0.2, 0.25) is 0 Å². The smallest absolute Gasteiger partial charge is 0.260 e. The number of benzene rings is 1. The van der Waals surface area contributed by atoms with Crippen molar-refractivity contribution in [2.75, 3.05) is 42.9 Å². The molecule has 37 heavy (non-hydrogen) atoms. The lowest BCUT2D eigenvalue weighted by Gasteiger charge is -2.40. The zero-order chi connectivity index (χ0) is 26.2. The van der Waals surface area contributed by atoms with E-state index >= 15 is 0 Å². The fraction of sp³-hybridized carbons (Fsp3) is 0.440. The van der Waals surface area contributed by atoms with E-state index in [1.807, 2.05) is 20.8 Å². The summed E-state index contributed by atoms with van der Waals surface area (Å²) in [5.74, 6) is 0.468. The Morgan fingerprint density at radius 1 is 1.14 bits per heavy atom. The van der Waals surface area contributed by atoms with Gasteiger partial charge in [0.1, 0.15) is 18.0 Å². The van der Waals surface area contributed by atoms with E-state index in [1.165, 1.54) is 11.1 Å². The lowest BCUT2D eigenvalue weighted by atomic mass is 9.91. The highest BCUT2D eigenvalue weighted by Gasteiger charge is 2.42. The van der Waals surface area contributed by atoms with Crippen LogP contribution in [0.4, 0.5) is 11.6 Å². The molecule has 3 N–H and O–H groups in total. The van der Waals surface area contributed by atoms with Crippen molar-refractivity contribution in [2.24, 2.45) is 0 Å². The van der Waals surface area contributed by atoms with E-state index in [9.17, 15) is 14.7 Å². The second-order valence-electron chi connectivity index (χ2n) is 9.71. The first-order valence-corrected chi connectivity index (χ1v) is 12.4. The minimum atomic E-state index is -1.75. The number of fused-ring (bicyclic) bond motifs is 1. The molecule has 1 saturated heterocycles. The number of hydrogen-bond acceptors (Lipinski definition) is 9. The van der Waals surface area contributed by atoms with Crippen molar-refractivity contribution in [3.05, 3.63) is 54.1 Å². The maximum Gasteiger partial charge on any atom is 0.260 e. The van der Waals surface area contributed by atoms with E-state index in [2.05, 4.69) is 35.7 Å². The predicted molar refractivity (Wildman–Crippen MR) is 136 cm³/mol. The molecule has 0 radical (unpaired) electrons. The Labute approximate surface area is 214 Å². The maximum atomic E-state index is 13.8. The molecule has 0 saturated carbocycles. The van der Waals surface area contributed by atoms with Gasteiger partial charge in [-0.1, -0.05) is 26.0 Å². The van der Waals surface area contributed by atoms with E-state index in [-0.39, 0.29) is 30.3 Å². The highest BCUT2D eigenvalue weighted by Crippen LogP contribution is 2.37. The number of aromatic nitrogens is 5. The summed E-state index contributed by atoms with van der Waals surface area (Å²) >= 11 is 0. The van der Waals surface area contributed by atoms with E-state index in [1.54, 1.807) is 41.6 Å². The third-order valence-electron chi connectivity index (χ3n) is 6.91. The molecule has 1 aromatic carbocycles. The molecule has 4 heterocycles. The van der Waals surface area contributed by atoms with Gasteiger partial charge in [-0.25, -0.2) is 9.97 Å². The van der Waals surface area contributed by atoms with Gasteiger partial charge in [-0.05, 0) is 24.6 Å². The molecule has 0 aliphatic carbocycles. The molecule has 5 rings (SSSR count). The van der Waals surface area contributed by atoms with Gasteiger partial charge in [-0.2, -0.15) is 15.0 Å². The minimum Gasteiger partial charge on any atom is -0.374 e. The number of hydrogen-bond donors (Lipinski definition) is 3. The first kappa shape index (κ1) is 24.8. The molecule has 2 aliphatic rings. The number of piperazine rings is 1. The van der Waals surface area contributed by atoms with E-state index in [0.717, 1.165) is 11.3 Å². The third kappa shape index (κ3) is 4.65. The number of anilines is 2. The van der Waals surface area contributed by atoms with Crippen LogP contribution in [-0.2, 0) is 15.2 Å². The Kier molecular flexibility index (Phi) is 6.61. The average molecular weight is 506 g/mol.